The zero-order chi connectivity index (χ0) is 14.6. The highest BCUT2D eigenvalue weighted by molar-refractivity contribution is 6.18. The first-order valence-corrected chi connectivity index (χ1v) is 5.90. The van der Waals surface area contributed by atoms with E-state index in [1.165, 1.54) is 0 Å². The first-order chi connectivity index (χ1) is 8.82. The summed E-state index contributed by atoms with van der Waals surface area (Å²) in [6.07, 6.45) is -2.52. The molecule has 8 heteroatoms. The van der Waals surface area contributed by atoms with Crippen LogP contribution in [0.1, 0.15) is 20.3 Å². The van der Waals surface area contributed by atoms with Crippen LogP contribution < -0.4 is 10.6 Å². The van der Waals surface area contributed by atoms with Crippen molar-refractivity contribution in [3.8, 4) is 0 Å². The Labute approximate surface area is 109 Å². The maximum absolute atomic E-state index is 13.1. The van der Waals surface area contributed by atoms with E-state index in [1.54, 1.807) is 5.32 Å². The van der Waals surface area contributed by atoms with Crippen LogP contribution in [-0.4, -0.2) is 47.9 Å². The fraction of sp³-hybridized carbons (Fsp3) is 0.636. The minimum Gasteiger partial charge on any atom is -0.356 e. The highest BCUT2D eigenvalue weighted by Gasteiger charge is 2.40. The van der Waals surface area contributed by atoms with Crippen molar-refractivity contribution in [2.45, 2.75) is 26.4 Å². The average Bonchev–Trinajstić information content (AvgIpc) is 2.33. The van der Waals surface area contributed by atoms with Gasteiger partial charge in [-0.05, 0) is 5.92 Å². The number of halogens is 1. The molecule has 1 aliphatic rings. The van der Waals surface area contributed by atoms with Crippen LogP contribution >= 0.6 is 0 Å². The summed E-state index contributed by atoms with van der Waals surface area (Å²) < 4.78 is 13.1. The third-order valence-electron chi connectivity index (χ3n) is 2.46. The fourth-order valence-corrected chi connectivity index (χ4v) is 1.42. The highest BCUT2D eigenvalue weighted by atomic mass is 19.1. The molecule has 1 fully saturated rings. The molecular formula is C11H16FN3O4. The molecule has 2 N–H and O–H groups in total. The Bertz CT molecular complexity index is 411. The monoisotopic (exact) mass is 273 g/mol. The maximum atomic E-state index is 13.1. The Morgan fingerprint density at radius 2 is 2.05 bits per heavy atom. The van der Waals surface area contributed by atoms with Crippen molar-refractivity contribution < 1.29 is 23.6 Å². The van der Waals surface area contributed by atoms with Crippen LogP contribution in [0, 0.1) is 5.92 Å². The summed E-state index contributed by atoms with van der Waals surface area (Å²) in [6, 6.07) is -0.999. The van der Waals surface area contributed by atoms with E-state index in [2.05, 4.69) is 5.32 Å². The van der Waals surface area contributed by atoms with Crippen molar-refractivity contribution in [2.24, 2.45) is 5.92 Å². The second kappa shape index (κ2) is 6.26. The highest BCUT2D eigenvalue weighted by Crippen LogP contribution is 2.07. The number of hydrogen-bond acceptors (Lipinski definition) is 4. The fourth-order valence-electron chi connectivity index (χ4n) is 1.42. The van der Waals surface area contributed by atoms with Gasteiger partial charge in [-0.1, -0.05) is 13.8 Å². The smallest absolute Gasteiger partial charge is 0.330 e. The van der Waals surface area contributed by atoms with Crippen LogP contribution in [0.5, 0.6) is 0 Å². The average molecular weight is 273 g/mol. The second-order valence-electron chi connectivity index (χ2n) is 4.59. The molecule has 1 saturated heterocycles. The van der Waals surface area contributed by atoms with Gasteiger partial charge in [-0.3, -0.25) is 24.6 Å². The minimum atomic E-state index is -2.39. The van der Waals surface area contributed by atoms with E-state index < -0.39 is 24.0 Å². The predicted octanol–water partition coefficient (Wildman–Crippen LogP) is -0.435. The van der Waals surface area contributed by atoms with Crippen LogP contribution in [0.2, 0.25) is 0 Å². The lowest BCUT2D eigenvalue weighted by Gasteiger charge is -2.26. The third kappa shape index (κ3) is 4.01. The minimum absolute atomic E-state index is 0.132. The number of amides is 5. The Morgan fingerprint density at radius 3 is 2.63 bits per heavy atom. The predicted molar refractivity (Wildman–Crippen MR) is 62.6 cm³/mol. The van der Waals surface area contributed by atoms with Crippen molar-refractivity contribution in [2.75, 3.05) is 13.1 Å². The van der Waals surface area contributed by atoms with Gasteiger partial charge in [0.1, 0.15) is 0 Å². The number of rotatable bonds is 5. The molecule has 0 bridgehead atoms. The number of carbonyl (C=O) groups is 4. The largest absolute Gasteiger partial charge is 0.356 e. The van der Waals surface area contributed by atoms with Gasteiger partial charge in [0.05, 0.1) is 0 Å². The number of nitrogens with one attached hydrogen (secondary N) is 2. The lowest BCUT2D eigenvalue weighted by molar-refractivity contribution is -0.143. The molecule has 0 spiro atoms. The van der Waals surface area contributed by atoms with Crippen molar-refractivity contribution in [1.29, 1.82) is 0 Å². The van der Waals surface area contributed by atoms with E-state index in [1.807, 2.05) is 13.8 Å². The van der Waals surface area contributed by atoms with E-state index >= 15 is 0 Å². The van der Waals surface area contributed by atoms with E-state index in [9.17, 15) is 23.6 Å². The van der Waals surface area contributed by atoms with Gasteiger partial charge in [-0.25, -0.2) is 9.18 Å². The molecule has 1 heterocycles. The van der Waals surface area contributed by atoms with E-state index in [0.717, 1.165) is 0 Å². The van der Waals surface area contributed by atoms with Gasteiger partial charge in [-0.15, -0.1) is 0 Å². The Hall–Kier alpha value is -1.99. The van der Waals surface area contributed by atoms with E-state index in [4.69, 9.17) is 0 Å². The molecule has 1 aliphatic heterocycles. The zero-order valence-corrected chi connectivity index (χ0v) is 10.7. The van der Waals surface area contributed by atoms with Crippen molar-refractivity contribution in [3.63, 3.8) is 0 Å². The van der Waals surface area contributed by atoms with E-state index in [0.29, 0.717) is 11.4 Å². The normalized spacial score (nSPS) is 19.7. The van der Waals surface area contributed by atoms with Crippen molar-refractivity contribution in [1.82, 2.24) is 15.5 Å². The molecule has 19 heavy (non-hydrogen) atoms. The molecule has 5 amide bonds. The molecule has 7 nitrogen and oxygen atoms in total. The molecule has 106 valence electrons. The second-order valence-corrected chi connectivity index (χ2v) is 4.59. The summed E-state index contributed by atoms with van der Waals surface area (Å²) in [6.45, 7) is 4.05. The molecule has 0 aromatic rings. The lowest BCUT2D eigenvalue weighted by Crippen LogP contribution is -2.59. The summed E-state index contributed by atoms with van der Waals surface area (Å²) in [4.78, 5) is 45.5. The summed E-state index contributed by atoms with van der Waals surface area (Å²) in [7, 11) is 0. The van der Waals surface area contributed by atoms with Crippen LogP contribution in [-0.2, 0) is 14.4 Å². The van der Waals surface area contributed by atoms with Crippen molar-refractivity contribution in [3.05, 3.63) is 0 Å². The Morgan fingerprint density at radius 1 is 1.42 bits per heavy atom. The zero-order valence-electron chi connectivity index (χ0n) is 10.7. The van der Waals surface area contributed by atoms with Gasteiger partial charge < -0.3 is 5.32 Å². The molecule has 0 aliphatic carbocycles. The van der Waals surface area contributed by atoms with Crippen molar-refractivity contribution >= 4 is 23.8 Å². The lowest BCUT2D eigenvalue weighted by atomic mass is 10.2. The number of imide groups is 2. The molecule has 0 aromatic heterocycles. The topological polar surface area (TPSA) is 95.6 Å². The SMILES string of the molecule is CC(C)CNC(=O)CCN1C(=O)NC(=O)C(F)C1=O. The quantitative estimate of drug-likeness (QED) is 0.664. The number of carbonyl (C=O) groups excluding carboxylic acids is 4. The van der Waals surface area contributed by atoms with Gasteiger partial charge >= 0.3 is 6.03 Å². The Kier molecular flexibility index (Phi) is 4.96. The van der Waals surface area contributed by atoms with E-state index in [-0.39, 0.29) is 24.8 Å². The van der Waals surface area contributed by atoms with Gasteiger partial charge in [0.15, 0.2) is 0 Å². The van der Waals surface area contributed by atoms with Gasteiger partial charge in [0.25, 0.3) is 18.0 Å². The molecule has 1 rings (SSSR count). The first-order valence-electron chi connectivity index (χ1n) is 5.90. The van der Waals surface area contributed by atoms with Gasteiger partial charge in [-0.2, -0.15) is 0 Å². The molecule has 0 aromatic carbocycles. The van der Waals surface area contributed by atoms with Crippen LogP contribution in [0.15, 0.2) is 0 Å². The Balaban J connectivity index is 2.48. The third-order valence-corrected chi connectivity index (χ3v) is 2.46. The molecule has 1 atom stereocenters. The summed E-state index contributed by atoms with van der Waals surface area (Å²) in [5.41, 5.74) is 0. The number of alkyl halides is 1. The van der Waals surface area contributed by atoms with Crippen LogP contribution in [0.3, 0.4) is 0 Å². The van der Waals surface area contributed by atoms with Gasteiger partial charge in [0.2, 0.25) is 5.91 Å². The summed E-state index contributed by atoms with van der Waals surface area (Å²) >= 11 is 0. The standard InChI is InChI=1S/C11H16FN3O4/c1-6(2)5-13-7(16)3-4-15-10(18)8(12)9(17)14-11(15)19/h6,8H,3-5H2,1-2H3,(H,13,16)(H,14,17,19). The summed E-state index contributed by atoms with van der Waals surface area (Å²) in [5.74, 6) is -2.57. The molecular weight excluding hydrogens is 257 g/mol. The van der Waals surface area contributed by atoms with Gasteiger partial charge in [0, 0.05) is 19.5 Å². The number of nitrogens with zero attached hydrogens (tertiary/aromatic N) is 1. The summed E-state index contributed by atoms with van der Waals surface area (Å²) in [5, 5.41) is 4.31. The van der Waals surface area contributed by atoms with Crippen LogP contribution in [0.4, 0.5) is 9.18 Å². The first kappa shape index (κ1) is 15.1. The molecule has 1 unspecified atom stereocenters. The van der Waals surface area contributed by atoms with Crippen LogP contribution in [0.25, 0.3) is 0 Å². The molecule has 0 radical (unpaired) electrons. The number of urea groups is 1. The number of barbiturate groups is 1. The molecule has 0 saturated carbocycles. The number of hydrogen-bond donors (Lipinski definition) is 2. The maximum Gasteiger partial charge on any atom is 0.330 e.